The van der Waals surface area contributed by atoms with Crippen molar-refractivity contribution < 1.29 is 40.7 Å². The Morgan fingerprint density at radius 2 is 1.56 bits per heavy atom. The SMILES string of the molecule is CCOC(=O)c1ccc(NC(=O)N[C@@H](c2ccc(C(F)(F)F)cc2)c2ncccc2C(F)(F)F)cc1. The monoisotopic (exact) mass is 511 g/mol. The fraction of sp³-hybridized carbons (Fsp3) is 0.208. The van der Waals surface area contributed by atoms with E-state index in [1.54, 1.807) is 6.92 Å². The Hall–Kier alpha value is -4.09. The maximum atomic E-state index is 13.6. The molecule has 0 saturated heterocycles. The van der Waals surface area contributed by atoms with Crippen LogP contribution in [0, 0.1) is 0 Å². The molecule has 0 fully saturated rings. The Balaban J connectivity index is 1.91. The number of carbonyl (C=O) groups excluding carboxylic acids is 2. The van der Waals surface area contributed by atoms with Gasteiger partial charge in [0, 0.05) is 11.9 Å². The molecule has 0 saturated carbocycles. The van der Waals surface area contributed by atoms with Crippen molar-refractivity contribution in [2.75, 3.05) is 11.9 Å². The molecule has 0 aliphatic rings. The van der Waals surface area contributed by atoms with Crippen LogP contribution >= 0.6 is 0 Å². The van der Waals surface area contributed by atoms with E-state index in [9.17, 15) is 35.9 Å². The van der Waals surface area contributed by atoms with Gasteiger partial charge in [0.1, 0.15) is 0 Å². The number of amides is 2. The molecule has 3 rings (SSSR count). The Kier molecular flexibility index (Phi) is 7.86. The number of nitrogens with zero attached hydrogens (tertiary/aromatic N) is 1. The van der Waals surface area contributed by atoms with Crippen LogP contribution in [0.5, 0.6) is 0 Å². The van der Waals surface area contributed by atoms with Crippen molar-refractivity contribution in [3.63, 3.8) is 0 Å². The molecule has 1 atom stereocenters. The van der Waals surface area contributed by atoms with Crippen molar-refractivity contribution in [3.05, 3.63) is 94.8 Å². The number of pyridine rings is 1. The van der Waals surface area contributed by atoms with Crippen LogP contribution in [0.15, 0.2) is 66.9 Å². The molecule has 3 aromatic rings. The molecule has 2 amide bonds. The third-order valence-electron chi connectivity index (χ3n) is 4.92. The summed E-state index contributed by atoms with van der Waals surface area (Å²) in [7, 11) is 0. The minimum Gasteiger partial charge on any atom is -0.462 e. The molecule has 1 heterocycles. The van der Waals surface area contributed by atoms with E-state index in [0.717, 1.165) is 30.5 Å². The van der Waals surface area contributed by atoms with Gasteiger partial charge in [0.05, 0.1) is 35.0 Å². The van der Waals surface area contributed by atoms with Gasteiger partial charge in [0.15, 0.2) is 0 Å². The zero-order valence-corrected chi connectivity index (χ0v) is 18.6. The maximum absolute atomic E-state index is 13.6. The predicted octanol–water partition coefficient (Wildman–Crippen LogP) is 6.21. The van der Waals surface area contributed by atoms with Gasteiger partial charge >= 0.3 is 24.4 Å². The summed E-state index contributed by atoms with van der Waals surface area (Å²) in [5, 5.41) is 4.75. The molecule has 0 spiro atoms. The summed E-state index contributed by atoms with van der Waals surface area (Å²) in [5.74, 6) is -0.578. The first-order chi connectivity index (χ1) is 16.9. The number of esters is 1. The van der Waals surface area contributed by atoms with Crippen LogP contribution in [-0.4, -0.2) is 23.6 Å². The number of ether oxygens (including phenoxy) is 1. The van der Waals surface area contributed by atoms with Gasteiger partial charge in [-0.1, -0.05) is 12.1 Å². The van der Waals surface area contributed by atoms with Gasteiger partial charge in [-0.15, -0.1) is 0 Å². The third-order valence-corrected chi connectivity index (χ3v) is 4.92. The highest BCUT2D eigenvalue weighted by Gasteiger charge is 2.37. The normalized spacial score (nSPS) is 12.5. The molecule has 0 aliphatic carbocycles. The van der Waals surface area contributed by atoms with E-state index in [2.05, 4.69) is 15.6 Å². The molecular weight excluding hydrogens is 492 g/mol. The van der Waals surface area contributed by atoms with Crippen molar-refractivity contribution in [2.45, 2.75) is 25.3 Å². The second kappa shape index (κ2) is 10.7. The molecule has 36 heavy (non-hydrogen) atoms. The van der Waals surface area contributed by atoms with Gasteiger partial charge in [-0.05, 0) is 61.0 Å². The molecule has 0 bridgehead atoms. The lowest BCUT2D eigenvalue weighted by molar-refractivity contribution is -0.139. The summed E-state index contributed by atoms with van der Waals surface area (Å²) in [4.78, 5) is 28.2. The van der Waals surface area contributed by atoms with Gasteiger partial charge in [-0.25, -0.2) is 9.59 Å². The number of aromatic nitrogens is 1. The largest absolute Gasteiger partial charge is 0.462 e. The quantitative estimate of drug-likeness (QED) is 0.305. The highest BCUT2D eigenvalue weighted by Crippen LogP contribution is 2.36. The number of rotatable bonds is 6. The van der Waals surface area contributed by atoms with Crippen molar-refractivity contribution in [1.29, 1.82) is 0 Å². The van der Waals surface area contributed by atoms with Crippen LogP contribution in [0.3, 0.4) is 0 Å². The number of hydrogen-bond acceptors (Lipinski definition) is 4. The van der Waals surface area contributed by atoms with Crippen LogP contribution < -0.4 is 10.6 Å². The fourth-order valence-corrected chi connectivity index (χ4v) is 3.26. The fourth-order valence-electron chi connectivity index (χ4n) is 3.26. The zero-order valence-electron chi connectivity index (χ0n) is 18.6. The number of urea groups is 1. The molecule has 6 nitrogen and oxygen atoms in total. The summed E-state index contributed by atoms with van der Waals surface area (Å²) >= 11 is 0. The van der Waals surface area contributed by atoms with Crippen LogP contribution in [0.2, 0.25) is 0 Å². The lowest BCUT2D eigenvalue weighted by Crippen LogP contribution is -2.35. The first-order valence-electron chi connectivity index (χ1n) is 10.4. The first kappa shape index (κ1) is 26.5. The van der Waals surface area contributed by atoms with Crippen LogP contribution in [0.4, 0.5) is 36.8 Å². The number of carbonyl (C=O) groups is 2. The third kappa shape index (κ3) is 6.52. The van der Waals surface area contributed by atoms with Gasteiger partial charge in [-0.2, -0.15) is 26.3 Å². The summed E-state index contributed by atoms with van der Waals surface area (Å²) in [6.07, 6.45) is -8.42. The lowest BCUT2D eigenvalue weighted by atomic mass is 9.98. The average molecular weight is 511 g/mol. The number of anilines is 1. The molecule has 2 N–H and O–H groups in total. The van der Waals surface area contributed by atoms with Crippen molar-refractivity contribution in [1.82, 2.24) is 10.3 Å². The summed E-state index contributed by atoms with van der Waals surface area (Å²) in [6.45, 7) is 1.80. The van der Waals surface area contributed by atoms with Crippen LogP contribution in [0.1, 0.15) is 45.7 Å². The molecule has 0 radical (unpaired) electrons. The minimum atomic E-state index is -4.84. The van der Waals surface area contributed by atoms with E-state index in [1.165, 1.54) is 24.3 Å². The Labute approximate surface area is 201 Å². The zero-order chi connectivity index (χ0) is 26.5. The lowest BCUT2D eigenvalue weighted by Gasteiger charge is -2.23. The second-order valence-corrected chi connectivity index (χ2v) is 7.38. The molecule has 12 heteroatoms. The van der Waals surface area contributed by atoms with E-state index in [-0.39, 0.29) is 23.4 Å². The van der Waals surface area contributed by atoms with Crippen LogP contribution in [-0.2, 0) is 17.1 Å². The van der Waals surface area contributed by atoms with E-state index in [0.29, 0.717) is 12.1 Å². The minimum absolute atomic E-state index is 0.0555. The standard InChI is InChI=1S/C24H19F6N3O3/c1-2-36-21(34)15-7-11-17(12-8-15)32-22(35)33-19(14-5-9-16(10-6-14)23(25,26)27)20-18(24(28,29)30)4-3-13-31-20/h3-13,19H,2H2,1H3,(H2,32,33,35)/t19-/m0/s1. The number of alkyl halides is 6. The Bertz CT molecular complexity index is 1210. The van der Waals surface area contributed by atoms with Gasteiger partial charge in [0.25, 0.3) is 0 Å². The van der Waals surface area contributed by atoms with Gasteiger partial charge < -0.3 is 15.4 Å². The van der Waals surface area contributed by atoms with E-state index < -0.39 is 47.2 Å². The highest BCUT2D eigenvalue weighted by atomic mass is 19.4. The number of halogens is 6. The van der Waals surface area contributed by atoms with Crippen molar-refractivity contribution >= 4 is 17.7 Å². The second-order valence-electron chi connectivity index (χ2n) is 7.38. The maximum Gasteiger partial charge on any atom is 0.418 e. The number of hydrogen-bond donors (Lipinski definition) is 2. The topological polar surface area (TPSA) is 80.3 Å². The van der Waals surface area contributed by atoms with Crippen molar-refractivity contribution in [2.24, 2.45) is 0 Å². The molecular formula is C24H19F6N3O3. The molecule has 1 aromatic heterocycles. The molecule has 0 aliphatic heterocycles. The Morgan fingerprint density at radius 1 is 0.917 bits per heavy atom. The predicted molar refractivity (Wildman–Crippen MR) is 117 cm³/mol. The highest BCUT2D eigenvalue weighted by molar-refractivity contribution is 5.92. The summed E-state index contributed by atoms with van der Waals surface area (Å²) < 4.78 is 84.7. The van der Waals surface area contributed by atoms with E-state index in [4.69, 9.17) is 4.74 Å². The van der Waals surface area contributed by atoms with Crippen LogP contribution in [0.25, 0.3) is 0 Å². The molecule has 190 valence electrons. The van der Waals surface area contributed by atoms with Gasteiger partial charge in [0.2, 0.25) is 0 Å². The van der Waals surface area contributed by atoms with Gasteiger partial charge in [-0.3, -0.25) is 4.98 Å². The van der Waals surface area contributed by atoms with E-state index >= 15 is 0 Å². The summed E-state index contributed by atoms with van der Waals surface area (Å²) in [5.41, 5.74) is -2.41. The molecule has 0 unspecified atom stereocenters. The number of nitrogens with one attached hydrogen (secondary N) is 2. The molecule has 2 aromatic carbocycles. The number of benzene rings is 2. The smallest absolute Gasteiger partial charge is 0.418 e. The van der Waals surface area contributed by atoms with E-state index in [1.807, 2.05) is 0 Å². The Morgan fingerprint density at radius 3 is 2.11 bits per heavy atom. The average Bonchev–Trinajstić information content (AvgIpc) is 2.82. The first-order valence-corrected chi connectivity index (χ1v) is 10.4. The summed E-state index contributed by atoms with van der Waals surface area (Å²) in [6, 6.07) is 8.16. The van der Waals surface area contributed by atoms with Crippen molar-refractivity contribution in [3.8, 4) is 0 Å².